The van der Waals surface area contributed by atoms with Gasteiger partial charge in [0.2, 0.25) is 0 Å². The average molecular weight is 232 g/mol. The molecule has 0 aliphatic rings. The smallest absolute Gasteiger partial charge is 0.0689 e. The second-order valence-corrected chi connectivity index (χ2v) is 2.66. The quantitative estimate of drug-likeness (QED) is 0.227. The van der Waals surface area contributed by atoms with Gasteiger partial charge in [0.1, 0.15) is 0 Å². The van der Waals surface area contributed by atoms with Gasteiger partial charge in [-0.25, -0.2) is 0 Å². The van der Waals surface area contributed by atoms with E-state index < -0.39 is 5.09 Å². The van der Waals surface area contributed by atoms with Crippen LogP contribution in [0.4, 0.5) is 0 Å². The maximum absolute atomic E-state index is 8.25. The summed E-state index contributed by atoms with van der Waals surface area (Å²) < 4.78 is 0. The largest absolute Gasteiger partial charge is 0.373 e. The molecule has 0 aliphatic heterocycles. The van der Waals surface area contributed by atoms with Crippen molar-refractivity contribution in [3.63, 3.8) is 0 Å². The Morgan fingerprint density at radius 3 is 1.24 bits per heavy atom. The Bertz CT molecular complexity index is 440. The fraction of sp³-hybridized carbons (Fsp3) is 0. The van der Waals surface area contributed by atoms with E-state index in [1.807, 2.05) is 0 Å². The lowest BCUT2D eigenvalue weighted by Crippen LogP contribution is -1.74. The van der Waals surface area contributed by atoms with E-state index in [2.05, 4.69) is 48.5 Å². The predicted octanol–water partition coefficient (Wildman–Crippen LogP) is 3.47. The molecule has 0 atom stereocenters. The minimum atomic E-state index is -1.75. The molecule has 7 heteroatoms. The van der Waals surface area contributed by atoms with E-state index in [-0.39, 0.29) is 0 Å². The molecule has 0 bridgehead atoms. The first-order valence-electron chi connectivity index (χ1n) is 4.35. The molecule has 0 amide bonds. The summed E-state index contributed by atoms with van der Waals surface area (Å²) in [5.41, 5.74) is 13.5. The highest BCUT2D eigenvalue weighted by Crippen LogP contribution is 2.11. The molecule has 7 nitrogen and oxygen atoms in total. The normalized spacial score (nSPS) is 7.76. The van der Waals surface area contributed by atoms with Crippen molar-refractivity contribution in [1.29, 1.82) is 0 Å². The Morgan fingerprint density at radius 1 is 0.882 bits per heavy atom. The number of rotatable bonds is 0. The van der Waals surface area contributed by atoms with Crippen molar-refractivity contribution in [2.45, 2.75) is 0 Å². The number of hydrogen-bond donors (Lipinski definition) is 0. The first-order valence-corrected chi connectivity index (χ1v) is 4.35. The van der Waals surface area contributed by atoms with Gasteiger partial charge in [-0.1, -0.05) is 48.5 Å². The highest BCUT2D eigenvalue weighted by molar-refractivity contribution is 5.81. The third-order valence-electron chi connectivity index (χ3n) is 1.66. The van der Waals surface area contributed by atoms with E-state index in [9.17, 15) is 0 Å². The molecule has 0 saturated carbocycles. The maximum atomic E-state index is 8.25. The fourth-order valence-corrected chi connectivity index (χ4v) is 1.13. The molecular formula is C10H8N4O3-2. The van der Waals surface area contributed by atoms with Crippen molar-refractivity contribution in [3.8, 4) is 0 Å². The SMILES string of the molecule is O=[N+]([O-])[O-].[N-]=[N+]=[N-].c1ccc2ccccc2c1. The summed E-state index contributed by atoms with van der Waals surface area (Å²) in [6.07, 6.45) is 0. The molecule has 0 unspecified atom stereocenters. The number of fused-ring (bicyclic) bond motifs is 1. The molecule has 0 N–H and O–H groups in total. The monoisotopic (exact) mass is 232 g/mol. The van der Waals surface area contributed by atoms with Crippen molar-refractivity contribution in [1.82, 2.24) is 0 Å². The van der Waals surface area contributed by atoms with E-state index in [0.717, 1.165) is 0 Å². The Labute approximate surface area is 96.4 Å². The third-order valence-corrected chi connectivity index (χ3v) is 1.66. The average Bonchev–Trinajstić information content (AvgIpc) is 2.29. The Morgan fingerprint density at radius 2 is 1.06 bits per heavy atom. The molecule has 2 rings (SSSR count). The van der Waals surface area contributed by atoms with Crippen LogP contribution in [0.5, 0.6) is 0 Å². The molecule has 2 aromatic rings. The Hall–Kier alpha value is -2.79. The van der Waals surface area contributed by atoms with E-state index in [0.29, 0.717) is 0 Å². The summed E-state index contributed by atoms with van der Waals surface area (Å²) in [5, 5.41) is 17.4. The summed E-state index contributed by atoms with van der Waals surface area (Å²) in [6.45, 7) is 0. The van der Waals surface area contributed by atoms with E-state index in [4.69, 9.17) is 26.4 Å². The van der Waals surface area contributed by atoms with Gasteiger partial charge in [-0.2, -0.15) is 0 Å². The van der Waals surface area contributed by atoms with E-state index >= 15 is 0 Å². The molecule has 88 valence electrons. The molecule has 0 spiro atoms. The molecule has 0 aliphatic carbocycles. The molecule has 0 radical (unpaired) electrons. The molecule has 0 saturated heterocycles. The molecular weight excluding hydrogens is 224 g/mol. The van der Waals surface area contributed by atoms with Crippen molar-refractivity contribution < 1.29 is 5.09 Å². The van der Waals surface area contributed by atoms with Crippen molar-refractivity contribution in [3.05, 3.63) is 79.8 Å². The van der Waals surface area contributed by atoms with Gasteiger partial charge in [0.05, 0.1) is 5.09 Å². The summed E-state index contributed by atoms with van der Waals surface area (Å²) >= 11 is 0. The highest BCUT2D eigenvalue weighted by atomic mass is 16.9. The van der Waals surface area contributed by atoms with Crippen LogP contribution in [0.1, 0.15) is 0 Å². The van der Waals surface area contributed by atoms with Crippen molar-refractivity contribution in [2.24, 2.45) is 0 Å². The lowest BCUT2D eigenvalue weighted by Gasteiger charge is -1.92. The second-order valence-electron chi connectivity index (χ2n) is 2.66. The predicted molar refractivity (Wildman–Crippen MR) is 64.4 cm³/mol. The zero-order chi connectivity index (χ0) is 13.1. The van der Waals surface area contributed by atoms with Crippen LogP contribution >= 0.6 is 0 Å². The van der Waals surface area contributed by atoms with Crippen LogP contribution in [0.2, 0.25) is 0 Å². The molecule has 0 heterocycles. The van der Waals surface area contributed by atoms with Crippen LogP contribution in [0, 0.1) is 15.3 Å². The van der Waals surface area contributed by atoms with Crippen LogP contribution in [0.15, 0.2) is 48.5 Å². The number of nitrogens with zero attached hydrogens (tertiary/aromatic N) is 4. The minimum Gasteiger partial charge on any atom is -0.373 e. The van der Waals surface area contributed by atoms with Crippen LogP contribution in [0.3, 0.4) is 0 Å². The number of hydrogen-bond acceptors (Lipinski definition) is 3. The van der Waals surface area contributed by atoms with Gasteiger partial charge in [0.25, 0.3) is 0 Å². The van der Waals surface area contributed by atoms with Gasteiger partial charge in [0.15, 0.2) is 0 Å². The van der Waals surface area contributed by atoms with Gasteiger partial charge in [-0.3, -0.25) is 4.91 Å². The highest BCUT2D eigenvalue weighted by Gasteiger charge is 1.85. The zero-order valence-electron chi connectivity index (χ0n) is 8.63. The third kappa shape index (κ3) is 7.18. The molecule has 0 fully saturated rings. The summed E-state index contributed by atoms with van der Waals surface area (Å²) in [4.78, 5) is 9.75. The molecule has 17 heavy (non-hydrogen) atoms. The van der Waals surface area contributed by atoms with Gasteiger partial charge in [-0.05, 0) is 10.8 Å². The topological polar surface area (TPSA) is 125 Å². The lowest BCUT2D eigenvalue weighted by atomic mass is 10.1. The van der Waals surface area contributed by atoms with Gasteiger partial charge < -0.3 is 26.4 Å². The lowest BCUT2D eigenvalue weighted by molar-refractivity contribution is -0.402. The van der Waals surface area contributed by atoms with E-state index in [1.54, 1.807) is 0 Å². The Kier molecular flexibility index (Phi) is 7.12. The first kappa shape index (κ1) is 14.2. The maximum Gasteiger partial charge on any atom is 0.0689 e. The first-order chi connectivity index (χ1) is 8.11. The zero-order valence-corrected chi connectivity index (χ0v) is 8.63. The second kappa shape index (κ2) is 8.51. The van der Waals surface area contributed by atoms with Crippen LogP contribution in [0.25, 0.3) is 26.7 Å². The van der Waals surface area contributed by atoms with Gasteiger partial charge in [-0.15, -0.1) is 0 Å². The fourth-order valence-electron chi connectivity index (χ4n) is 1.13. The van der Waals surface area contributed by atoms with E-state index in [1.165, 1.54) is 15.7 Å². The van der Waals surface area contributed by atoms with Crippen LogP contribution in [-0.4, -0.2) is 5.09 Å². The molecule has 2 aromatic carbocycles. The van der Waals surface area contributed by atoms with Crippen molar-refractivity contribution in [2.75, 3.05) is 0 Å². The summed E-state index contributed by atoms with van der Waals surface area (Å²) in [7, 11) is 0. The summed E-state index contributed by atoms with van der Waals surface area (Å²) in [6, 6.07) is 16.7. The van der Waals surface area contributed by atoms with Crippen molar-refractivity contribution >= 4 is 10.8 Å². The van der Waals surface area contributed by atoms with Crippen LogP contribution in [-0.2, 0) is 0 Å². The number of benzene rings is 2. The minimum absolute atomic E-state index is 1.31. The standard InChI is InChI=1S/C10H8.N3.NO3/c1-2-6-10-8-4-3-7-9(10)5-1;1-3-2;2-1(3)4/h1-8H;;/q;2*-1. The van der Waals surface area contributed by atoms with Gasteiger partial charge in [0, 0.05) is 0 Å². The van der Waals surface area contributed by atoms with Gasteiger partial charge >= 0.3 is 0 Å². The van der Waals surface area contributed by atoms with Crippen LogP contribution < -0.4 is 0 Å². The molecule has 0 aromatic heterocycles. The summed E-state index contributed by atoms with van der Waals surface area (Å²) in [5.74, 6) is 0. The Balaban J connectivity index is 0.000000311.